The molecule has 0 aliphatic carbocycles. The molecule has 4 rings (SSSR count). The largest absolute Gasteiger partial charge is 0.314 e. The second-order valence-corrected chi connectivity index (χ2v) is 6.18. The summed E-state index contributed by atoms with van der Waals surface area (Å²) in [6, 6.07) is 8.70. The minimum Gasteiger partial charge on any atom is -0.314 e. The van der Waals surface area contributed by atoms with Crippen molar-refractivity contribution >= 4 is 30.5 Å². The van der Waals surface area contributed by atoms with Crippen LogP contribution in [-0.4, -0.2) is 38.9 Å². The van der Waals surface area contributed by atoms with Crippen LogP contribution in [0.1, 0.15) is 22.9 Å². The number of aryl methyl sites for hydroxylation is 1. The minimum absolute atomic E-state index is 0. The summed E-state index contributed by atoms with van der Waals surface area (Å²) in [7, 11) is 0. The zero-order chi connectivity index (χ0) is 15.6. The minimum atomic E-state index is 0. The SMILES string of the molecule is Cc1ccc2nc(CN3CCNCC3c3cccnc3)cn2c1.Cl.Cl. The molecule has 3 aromatic heterocycles. The third kappa shape index (κ3) is 4.30. The van der Waals surface area contributed by atoms with Crippen LogP contribution in [0.15, 0.2) is 49.1 Å². The van der Waals surface area contributed by atoms with E-state index in [2.05, 4.69) is 57.1 Å². The predicted molar refractivity (Wildman–Crippen MR) is 105 cm³/mol. The highest BCUT2D eigenvalue weighted by Crippen LogP contribution is 2.23. The number of nitrogens with zero attached hydrogens (tertiary/aromatic N) is 4. The molecule has 0 saturated carbocycles. The first kappa shape index (κ1) is 19.7. The molecule has 0 aromatic carbocycles. The number of pyridine rings is 2. The van der Waals surface area contributed by atoms with Crippen molar-refractivity contribution in [3.05, 3.63) is 65.9 Å². The summed E-state index contributed by atoms with van der Waals surface area (Å²) in [5, 5.41) is 3.49. The van der Waals surface area contributed by atoms with Crippen molar-refractivity contribution in [1.82, 2.24) is 24.6 Å². The van der Waals surface area contributed by atoms with Gasteiger partial charge in [0.05, 0.1) is 5.69 Å². The van der Waals surface area contributed by atoms with E-state index in [1.54, 1.807) is 0 Å². The highest BCUT2D eigenvalue weighted by Gasteiger charge is 2.24. The summed E-state index contributed by atoms with van der Waals surface area (Å²) < 4.78 is 2.12. The van der Waals surface area contributed by atoms with Gasteiger partial charge in [-0.1, -0.05) is 12.1 Å². The average Bonchev–Trinajstić information content (AvgIpc) is 2.97. The van der Waals surface area contributed by atoms with E-state index in [1.165, 1.54) is 11.1 Å². The van der Waals surface area contributed by atoms with Crippen molar-refractivity contribution in [1.29, 1.82) is 0 Å². The van der Waals surface area contributed by atoms with Gasteiger partial charge < -0.3 is 9.72 Å². The highest BCUT2D eigenvalue weighted by molar-refractivity contribution is 5.85. The molecule has 0 bridgehead atoms. The maximum absolute atomic E-state index is 4.76. The van der Waals surface area contributed by atoms with Gasteiger partial charge in [-0.2, -0.15) is 0 Å². The van der Waals surface area contributed by atoms with Crippen LogP contribution >= 0.6 is 24.8 Å². The normalized spacial score (nSPS) is 17.7. The third-order valence-corrected chi connectivity index (χ3v) is 4.44. The Bertz CT molecular complexity index is 806. The van der Waals surface area contributed by atoms with E-state index in [0.717, 1.165) is 37.5 Å². The number of nitrogens with one attached hydrogen (secondary N) is 1. The van der Waals surface area contributed by atoms with Crippen LogP contribution in [0, 0.1) is 6.92 Å². The Hall–Kier alpha value is -1.66. The van der Waals surface area contributed by atoms with E-state index < -0.39 is 0 Å². The molecule has 5 nitrogen and oxygen atoms in total. The van der Waals surface area contributed by atoms with Gasteiger partial charge in [0, 0.05) is 57.0 Å². The van der Waals surface area contributed by atoms with Crippen molar-refractivity contribution in [3.63, 3.8) is 0 Å². The van der Waals surface area contributed by atoms with Crippen LogP contribution in [-0.2, 0) is 6.54 Å². The van der Waals surface area contributed by atoms with Gasteiger partial charge in [0.2, 0.25) is 0 Å². The quantitative estimate of drug-likeness (QED) is 0.759. The lowest BCUT2D eigenvalue weighted by molar-refractivity contribution is 0.152. The predicted octanol–water partition coefficient (Wildman–Crippen LogP) is 3.03. The summed E-state index contributed by atoms with van der Waals surface area (Å²) in [4.78, 5) is 11.5. The maximum atomic E-state index is 4.76. The van der Waals surface area contributed by atoms with E-state index in [0.29, 0.717) is 6.04 Å². The topological polar surface area (TPSA) is 45.5 Å². The molecule has 0 spiro atoms. The highest BCUT2D eigenvalue weighted by atomic mass is 35.5. The zero-order valence-electron chi connectivity index (χ0n) is 14.1. The van der Waals surface area contributed by atoms with E-state index in [4.69, 9.17) is 4.98 Å². The Balaban J connectivity index is 0.00000113. The van der Waals surface area contributed by atoms with Gasteiger partial charge in [-0.05, 0) is 30.2 Å². The second-order valence-electron chi connectivity index (χ2n) is 6.18. The standard InChI is InChI=1S/C18H21N5.2ClH/c1-14-4-5-18-21-16(13-23(18)11-14)12-22-8-7-20-10-17(22)15-3-2-6-19-9-15;;/h2-6,9,11,13,17,20H,7-8,10,12H2,1H3;2*1H. The molecule has 1 aliphatic rings. The molecular weight excluding hydrogens is 357 g/mol. The number of piperazine rings is 1. The smallest absolute Gasteiger partial charge is 0.137 e. The van der Waals surface area contributed by atoms with Crippen LogP contribution < -0.4 is 5.32 Å². The molecule has 1 atom stereocenters. The molecule has 0 radical (unpaired) electrons. The Morgan fingerprint density at radius 1 is 1.20 bits per heavy atom. The van der Waals surface area contributed by atoms with E-state index >= 15 is 0 Å². The van der Waals surface area contributed by atoms with Crippen molar-refractivity contribution in [2.45, 2.75) is 19.5 Å². The van der Waals surface area contributed by atoms with Gasteiger partial charge in [-0.25, -0.2) is 4.98 Å². The Kier molecular flexibility index (Phi) is 6.79. The zero-order valence-corrected chi connectivity index (χ0v) is 15.8. The molecule has 1 aliphatic heterocycles. The molecule has 3 aromatic rings. The summed E-state index contributed by atoms with van der Waals surface area (Å²) >= 11 is 0. The van der Waals surface area contributed by atoms with Gasteiger partial charge in [-0.15, -0.1) is 24.8 Å². The lowest BCUT2D eigenvalue weighted by Gasteiger charge is -2.35. The number of fused-ring (bicyclic) bond motifs is 1. The van der Waals surface area contributed by atoms with Crippen LogP contribution in [0.5, 0.6) is 0 Å². The summed E-state index contributed by atoms with van der Waals surface area (Å²) in [6.07, 6.45) is 8.07. The lowest BCUT2D eigenvalue weighted by Crippen LogP contribution is -2.45. The van der Waals surface area contributed by atoms with Gasteiger partial charge in [-0.3, -0.25) is 9.88 Å². The molecule has 1 N–H and O–H groups in total. The number of imidazole rings is 1. The molecule has 4 heterocycles. The van der Waals surface area contributed by atoms with Crippen LogP contribution in [0.3, 0.4) is 0 Å². The van der Waals surface area contributed by atoms with E-state index in [-0.39, 0.29) is 24.8 Å². The van der Waals surface area contributed by atoms with E-state index in [9.17, 15) is 0 Å². The first-order valence-corrected chi connectivity index (χ1v) is 8.08. The maximum Gasteiger partial charge on any atom is 0.137 e. The first-order valence-electron chi connectivity index (χ1n) is 8.08. The van der Waals surface area contributed by atoms with Gasteiger partial charge in [0.15, 0.2) is 0 Å². The molecule has 1 saturated heterocycles. The monoisotopic (exact) mass is 379 g/mol. The van der Waals surface area contributed by atoms with Crippen LogP contribution in [0.2, 0.25) is 0 Å². The van der Waals surface area contributed by atoms with Crippen LogP contribution in [0.25, 0.3) is 5.65 Å². The summed E-state index contributed by atoms with van der Waals surface area (Å²) in [6.45, 7) is 5.96. The van der Waals surface area contributed by atoms with Crippen LogP contribution in [0.4, 0.5) is 0 Å². The van der Waals surface area contributed by atoms with Crippen molar-refractivity contribution in [2.24, 2.45) is 0 Å². The summed E-state index contributed by atoms with van der Waals surface area (Å²) in [5.41, 5.74) is 4.64. The fourth-order valence-electron chi connectivity index (χ4n) is 3.28. The molecule has 1 unspecified atom stereocenters. The summed E-state index contributed by atoms with van der Waals surface area (Å²) in [5.74, 6) is 0. The van der Waals surface area contributed by atoms with Gasteiger partial charge in [0.1, 0.15) is 5.65 Å². The van der Waals surface area contributed by atoms with Gasteiger partial charge >= 0.3 is 0 Å². The number of rotatable bonds is 3. The molecule has 0 amide bonds. The lowest BCUT2D eigenvalue weighted by atomic mass is 10.1. The number of hydrogen-bond donors (Lipinski definition) is 1. The number of halogens is 2. The Morgan fingerprint density at radius 2 is 2.08 bits per heavy atom. The number of aromatic nitrogens is 3. The molecule has 25 heavy (non-hydrogen) atoms. The molecule has 134 valence electrons. The molecule has 1 fully saturated rings. The van der Waals surface area contributed by atoms with E-state index in [1.807, 2.05) is 18.5 Å². The van der Waals surface area contributed by atoms with Crippen molar-refractivity contribution in [3.8, 4) is 0 Å². The van der Waals surface area contributed by atoms with Gasteiger partial charge in [0.25, 0.3) is 0 Å². The Labute approximate surface area is 160 Å². The Morgan fingerprint density at radius 3 is 2.88 bits per heavy atom. The van der Waals surface area contributed by atoms with Crippen molar-refractivity contribution in [2.75, 3.05) is 19.6 Å². The average molecular weight is 380 g/mol. The fourth-order valence-corrected chi connectivity index (χ4v) is 3.28. The third-order valence-electron chi connectivity index (χ3n) is 4.44. The number of hydrogen-bond acceptors (Lipinski definition) is 4. The fraction of sp³-hybridized carbons (Fsp3) is 0.333. The first-order chi connectivity index (χ1) is 11.3. The molecular formula is C18H23Cl2N5. The van der Waals surface area contributed by atoms with Crippen molar-refractivity contribution < 1.29 is 0 Å². The molecule has 7 heteroatoms. The second kappa shape index (κ2) is 8.63.